The Labute approximate surface area is 139 Å². The number of hydrogen-bond acceptors (Lipinski definition) is 4. The van der Waals surface area contributed by atoms with E-state index >= 15 is 0 Å². The maximum Gasteiger partial charge on any atom is 0.161 e. The number of aliphatic hydroxyl groups excluding tert-OH is 1. The van der Waals surface area contributed by atoms with Crippen molar-refractivity contribution in [2.75, 3.05) is 27.3 Å². The lowest BCUT2D eigenvalue weighted by Crippen LogP contribution is -2.48. The van der Waals surface area contributed by atoms with Crippen LogP contribution in [0.3, 0.4) is 0 Å². The first-order chi connectivity index (χ1) is 11.0. The zero-order valence-corrected chi connectivity index (χ0v) is 14.7. The zero-order valence-electron chi connectivity index (χ0n) is 14.7. The van der Waals surface area contributed by atoms with E-state index in [0.717, 1.165) is 43.9 Å². The largest absolute Gasteiger partial charge is 0.493 e. The van der Waals surface area contributed by atoms with Gasteiger partial charge in [0.1, 0.15) is 0 Å². The van der Waals surface area contributed by atoms with Crippen molar-refractivity contribution in [3.63, 3.8) is 0 Å². The average molecular weight is 319 g/mol. The molecule has 0 saturated carbocycles. The second kappa shape index (κ2) is 6.70. The molecule has 0 amide bonds. The van der Waals surface area contributed by atoms with Crippen molar-refractivity contribution >= 4 is 0 Å². The lowest BCUT2D eigenvalue weighted by atomic mass is 9.79. The van der Waals surface area contributed by atoms with Crippen molar-refractivity contribution in [1.82, 2.24) is 4.90 Å². The molecule has 2 aliphatic rings. The normalized spacial score (nSPS) is 27.5. The molecule has 0 spiro atoms. The maximum absolute atomic E-state index is 10.6. The number of methoxy groups -OCH3 is 2. The van der Waals surface area contributed by atoms with Gasteiger partial charge < -0.3 is 14.6 Å². The predicted octanol–water partition coefficient (Wildman–Crippen LogP) is 3.03. The van der Waals surface area contributed by atoms with Gasteiger partial charge in [-0.1, -0.05) is 13.8 Å². The van der Waals surface area contributed by atoms with Gasteiger partial charge in [0.2, 0.25) is 0 Å². The smallest absolute Gasteiger partial charge is 0.161 e. The Bertz CT molecular complexity index is 558. The predicted molar refractivity (Wildman–Crippen MR) is 91.1 cm³/mol. The van der Waals surface area contributed by atoms with E-state index in [-0.39, 0.29) is 6.10 Å². The van der Waals surface area contributed by atoms with Gasteiger partial charge in [-0.2, -0.15) is 0 Å². The molecule has 1 fully saturated rings. The molecule has 23 heavy (non-hydrogen) atoms. The van der Waals surface area contributed by atoms with Crippen molar-refractivity contribution in [2.45, 2.75) is 45.3 Å². The molecular formula is C19H29NO3. The number of nitrogens with zero attached hydrogens (tertiary/aromatic N) is 1. The first kappa shape index (κ1) is 16.6. The molecule has 2 aliphatic heterocycles. The molecule has 1 aromatic rings. The molecule has 128 valence electrons. The summed E-state index contributed by atoms with van der Waals surface area (Å²) >= 11 is 0. The summed E-state index contributed by atoms with van der Waals surface area (Å²) in [6.45, 7) is 6.54. The van der Waals surface area contributed by atoms with Gasteiger partial charge in [0.15, 0.2) is 11.5 Å². The minimum Gasteiger partial charge on any atom is -0.493 e. The first-order valence-electron chi connectivity index (χ1n) is 8.70. The maximum atomic E-state index is 10.6. The Balaban J connectivity index is 1.87. The van der Waals surface area contributed by atoms with Crippen molar-refractivity contribution in [3.05, 3.63) is 23.3 Å². The second-order valence-electron chi connectivity index (χ2n) is 7.36. The molecular weight excluding hydrogens is 290 g/mol. The van der Waals surface area contributed by atoms with E-state index in [4.69, 9.17) is 9.47 Å². The van der Waals surface area contributed by atoms with Crippen molar-refractivity contribution in [3.8, 4) is 11.5 Å². The molecule has 1 unspecified atom stereocenters. The van der Waals surface area contributed by atoms with Crippen LogP contribution in [0.1, 0.15) is 43.9 Å². The molecule has 3 atom stereocenters. The van der Waals surface area contributed by atoms with Gasteiger partial charge in [0, 0.05) is 19.1 Å². The van der Waals surface area contributed by atoms with Crippen LogP contribution >= 0.6 is 0 Å². The minimum absolute atomic E-state index is 0.210. The zero-order chi connectivity index (χ0) is 16.6. The molecule has 4 nitrogen and oxygen atoms in total. The molecule has 3 rings (SSSR count). The van der Waals surface area contributed by atoms with E-state index in [1.807, 2.05) is 0 Å². The standard InChI is InChI=1S/C19H29NO3/c1-12(2)7-14-11-20-6-5-13-8-18(22-3)19(23-4)9-15(13)16(20)10-17(14)21/h8-9,12,14,16-17,21H,5-7,10-11H2,1-4H3/t14-,16?,17+/m1/s1. The number of piperidine rings is 1. The van der Waals surface area contributed by atoms with Crippen molar-refractivity contribution in [2.24, 2.45) is 11.8 Å². The Morgan fingerprint density at radius 3 is 2.57 bits per heavy atom. The summed E-state index contributed by atoms with van der Waals surface area (Å²) in [6, 6.07) is 4.52. The van der Waals surface area contributed by atoms with Crippen LogP contribution in [-0.2, 0) is 6.42 Å². The fraction of sp³-hybridized carbons (Fsp3) is 0.684. The topological polar surface area (TPSA) is 41.9 Å². The highest BCUT2D eigenvalue weighted by Crippen LogP contribution is 2.43. The summed E-state index contributed by atoms with van der Waals surface area (Å²) in [5.41, 5.74) is 2.63. The van der Waals surface area contributed by atoms with Crippen LogP contribution in [-0.4, -0.2) is 43.4 Å². The van der Waals surface area contributed by atoms with Crippen LogP contribution in [0.25, 0.3) is 0 Å². The number of ether oxygens (including phenoxy) is 2. The van der Waals surface area contributed by atoms with E-state index in [2.05, 4.69) is 30.9 Å². The van der Waals surface area contributed by atoms with Crippen LogP contribution in [0.15, 0.2) is 12.1 Å². The molecule has 4 heteroatoms. The summed E-state index contributed by atoms with van der Waals surface area (Å²) in [5, 5.41) is 10.6. The molecule has 0 aliphatic carbocycles. The van der Waals surface area contributed by atoms with E-state index in [1.165, 1.54) is 11.1 Å². The molecule has 1 N–H and O–H groups in total. The number of rotatable bonds is 4. The second-order valence-corrected chi connectivity index (χ2v) is 7.36. The van der Waals surface area contributed by atoms with E-state index in [1.54, 1.807) is 14.2 Å². The molecule has 0 bridgehead atoms. The van der Waals surface area contributed by atoms with Gasteiger partial charge in [0.25, 0.3) is 0 Å². The Morgan fingerprint density at radius 1 is 1.22 bits per heavy atom. The van der Waals surface area contributed by atoms with Gasteiger partial charge in [-0.05, 0) is 54.4 Å². The summed E-state index contributed by atoms with van der Waals surface area (Å²) in [4.78, 5) is 2.55. The summed E-state index contributed by atoms with van der Waals surface area (Å²) in [7, 11) is 3.36. The lowest BCUT2D eigenvalue weighted by Gasteiger charge is -2.46. The fourth-order valence-corrected chi connectivity index (χ4v) is 4.26. The lowest BCUT2D eigenvalue weighted by molar-refractivity contribution is -0.0191. The Kier molecular flexibility index (Phi) is 4.83. The van der Waals surface area contributed by atoms with Crippen LogP contribution < -0.4 is 9.47 Å². The minimum atomic E-state index is -0.210. The quantitative estimate of drug-likeness (QED) is 0.926. The highest BCUT2D eigenvalue weighted by atomic mass is 16.5. The number of aliphatic hydroxyl groups is 1. The number of hydrogen-bond donors (Lipinski definition) is 1. The number of fused-ring (bicyclic) bond motifs is 3. The molecule has 0 radical (unpaired) electrons. The fourth-order valence-electron chi connectivity index (χ4n) is 4.26. The highest BCUT2D eigenvalue weighted by Gasteiger charge is 2.38. The monoisotopic (exact) mass is 319 g/mol. The first-order valence-corrected chi connectivity index (χ1v) is 8.70. The molecule has 0 aromatic heterocycles. The average Bonchev–Trinajstić information content (AvgIpc) is 2.53. The summed E-state index contributed by atoms with van der Waals surface area (Å²) in [5.74, 6) is 2.61. The van der Waals surface area contributed by atoms with Gasteiger partial charge in [-0.15, -0.1) is 0 Å². The van der Waals surface area contributed by atoms with Gasteiger partial charge >= 0.3 is 0 Å². The molecule has 1 saturated heterocycles. The van der Waals surface area contributed by atoms with Crippen LogP contribution in [0.4, 0.5) is 0 Å². The van der Waals surface area contributed by atoms with Gasteiger partial charge in [-0.3, -0.25) is 4.90 Å². The third-order valence-corrected chi connectivity index (χ3v) is 5.37. The van der Waals surface area contributed by atoms with E-state index in [9.17, 15) is 5.11 Å². The van der Waals surface area contributed by atoms with E-state index < -0.39 is 0 Å². The van der Waals surface area contributed by atoms with Crippen LogP contribution in [0, 0.1) is 11.8 Å². The third kappa shape index (κ3) is 3.20. The van der Waals surface area contributed by atoms with Crippen LogP contribution in [0.5, 0.6) is 11.5 Å². The molecule has 2 heterocycles. The van der Waals surface area contributed by atoms with Gasteiger partial charge in [0.05, 0.1) is 20.3 Å². The SMILES string of the molecule is COc1cc2c(cc1OC)C1C[C@H](O)[C@H](CC(C)C)CN1CC2. The molecule has 1 aromatic carbocycles. The number of benzene rings is 1. The third-order valence-electron chi connectivity index (χ3n) is 5.37. The Morgan fingerprint density at radius 2 is 1.91 bits per heavy atom. The Hall–Kier alpha value is -1.26. The van der Waals surface area contributed by atoms with Crippen molar-refractivity contribution < 1.29 is 14.6 Å². The van der Waals surface area contributed by atoms with Gasteiger partial charge in [-0.25, -0.2) is 0 Å². The summed E-state index contributed by atoms with van der Waals surface area (Å²) < 4.78 is 10.9. The summed E-state index contributed by atoms with van der Waals surface area (Å²) in [6.07, 6.45) is 2.75. The van der Waals surface area contributed by atoms with E-state index in [0.29, 0.717) is 17.9 Å². The van der Waals surface area contributed by atoms with Crippen LogP contribution in [0.2, 0.25) is 0 Å². The highest BCUT2D eigenvalue weighted by molar-refractivity contribution is 5.49. The van der Waals surface area contributed by atoms with Crippen molar-refractivity contribution in [1.29, 1.82) is 0 Å².